The van der Waals surface area contributed by atoms with Crippen molar-refractivity contribution in [3.63, 3.8) is 0 Å². The predicted octanol–water partition coefficient (Wildman–Crippen LogP) is 3.12. The van der Waals surface area contributed by atoms with Gasteiger partial charge in [0.05, 0.1) is 17.8 Å². The van der Waals surface area contributed by atoms with E-state index in [4.69, 9.17) is 4.74 Å². The molecule has 1 atom stereocenters. The van der Waals surface area contributed by atoms with Gasteiger partial charge >= 0.3 is 5.97 Å². The van der Waals surface area contributed by atoms with Gasteiger partial charge in [-0.3, -0.25) is 4.98 Å². The lowest BCUT2D eigenvalue weighted by Gasteiger charge is -2.13. The highest BCUT2D eigenvalue weighted by molar-refractivity contribution is 7.11. The van der Waals surface area contributed by atoms with E-state index >= 15 is 0 Å². The third-order valence-corrected chi connectivity index (χ3v) is 2.85. The molecule has 84 valence electrons. The van der Waals surface area contributed by atoms with E-state index in [1.807, 2.05) is 6.92 Å². The maximum Gasteiger partial charge on any atom is 0.350 e. The summed E-state index contributed by atoms with van der Waals surface area (Å²) in [6, 6.07) is 0. The summed E-state index contributed by atoms with van der Waals surface area (Å²) in [6.07, 6.45) is 3.53. The largest absolute Gasteiger partial charge is 0.458 e. The lowest BCUT2D eigenvalue weighted by Crippen LogP contribution is -2.14. The zero-order valence-electron chi connectivity index (χ0n) is 9.40. The monoisotopic (exact) mass is 227 g/mol. The molecule has 0 aliphatic rings. The number of aromatic nitrogens is 1. The van der Waals surface area contributed by atoms with Crippen molar-refractivity contribution in [2.45, 2.75) is 39.7 Å². The molecule has 1 rings (SSSR count). The summed E-state index contributed by atoms with van der Waals surface area (Å²) in [5.41, 5.74) is 1.63. The molecule has 0 spiro atoms. The van der Waals surface area contributed by atoms with Gasteiger partial charge in [0.15, 0.2) is 0 Å². The van der Waals surface area contributed by atoms with Crippen molar-refractivity contribution in [3.8, 4) is 0 Å². The van der Waals surface area contributed by atoms with E-state index in [-0.39, 0.29) is 12.1 Å². The minimum absolute atomic E-state index is 0.0120. The molecule has 0 fully saturated rings. The lowest BCUT2D eigenvalue weighted by molar-refractivity contribution is 0.0319. The fourth-order valence-electron chi connectivity index (χ4n) is 1.18. The minimum atomic E-state index is -0.256. The first-order valence-corrected chi connectivity index (χ1v) is 6.07. The van der Waals surface area contributed by atoms with Crippen LogP contribution in [0.1, 0.15) is 43.3 Å². The SMILES string of the molecule is CC(C)CCC(C)OC(=O)c1cncs1. The van der Waals surface area contributed by atoms with Crippen LogP contribution in [-0.2, 0) is 4.74 Å². The van der Waals surface area contributed by atoms with Crippen molar-refractivity contribution >= 4 is 17.3 Å². The average molecular weight is 227 g/mol. The second kappa shape index (κ2) is 5.85. The van der Waals surface area contributed by atoms with E-state index in [1.54, 1.807) is 11.7 Å². The van der Waals surface area contributed by atoms with Gasteiger partial charge in [-0.2, -0.15) is 0 Å². The molecule has 0 radical (unpaired) electrons. The zero-order valence-corrected chi connectivity index (χ0v) is 10.2. The Morgan fingerprint density at radius 2 is 2.20 bits per heavy atom. The highest BCUT2D eigenvalue weighted by Crippen LogP contribution is 2.13. The molecule has 0 saturated carbocycles. The quantitative estimate of drug-likeness (QED) is 0.725. The van der Waals surface area contributed by atoms with Gasteiger partial charge in [-0.25, -0.2) is 4.79 Å². The summed E-state index contributed by atoms with van der Waals surface area (Å²) >= 11 is 1.31. The Hall–Kier alpha value is -0.900. The summed E-state index contributed by atoms with van der Waals surface area (Å²) in [5, 5.41) is 0. The maximum absolute atomic E-state index is 11.5. The highest BCUT2D eigenvalue weighted by atomic mass is 32.1. The van der Waals surface area contributed by atoms with Crippen LogP contribution in [0.3, 0.4) is 0 Å². The third kappa shape index (κ3) is 4.42. The smallest absolute Gasteiger partial charge is 0.350 e. The van der Waals surface area contributed by atoms with Gasteiger partial charge < -0.3 is 4.74 Å². The Labute approximate surface area is 94.5 Å². The van der Waals surface area contributed by atoms with Crippen molar-refractivity contribution in [1.29, 1.82) is 0 Å². The van der Waals surface area contributed by atoms with Crippen LogP contribution in [0, 0.1) is 5.92 Å². The number of rotatable bonds is 5. The van der Waals surface area contributed by atoms with Gasteiger partial charge in [0, 0.05) is 0 Å². The average Bonchev–Trinajstić information content (AvgIpc) is 2.67. The highest BCUT2D eigenvalue weighted by Gasteiger charge is 2.13. The van der Waals surface area contributed by atoms with Gasteiger partial charge in [-0.1, -0.05) is 13.8 Å². The third-order valence-electron chi connectivity index (χ3n) is 2.09. The van der Waals surface area contributed by atoms with Crippen molar-refractivity contribution < 1.29 is 9.53 Å². The molecular weight excluding hydrogens is 210 g/mol. The molecule has 1 unspecified atom stereocenters. The zero-order chi connectivity index (χ0) is 11.3. The molecule has 0 aliphatic heterocycles. The van der Waals surface area contributed by atoms with Crippen LogP contribution in [0.25, 0.3) is 0 Å². The summed E-state index contributed by atoms with van der Waals surface area (Å²) in [4.78, 5) is 15.9. The molecule has 3 nitrogen and oxygen atoms in total. The number of carbonyl (C=O) groups excluding carboxylic acids is 1. The van der Waals surface area contributed by atoms with E-state index in [0.29, 0.717) is 10.8 Å². The molecule has 0 saturated heterocycles. The van der Waals surface area contributed by atoms with E-state index in [9.17, 15) is 4.79 Å². The summed E-state index contributed by atoms with van der Waals surface area (Å²) < 4.78 is 5.28. The van der Waals surface area contributed by atoms with Crippen molar-refractivity contribution in [1.82, 2.24) is 4.98 Å². The Bertz CT molecular complexity index is 296. The van der Waals surface area contributed by atoms with Crippen LogP contribution in [0.15, 0.2) is 11.7 Å². The van der Waals surface area contributed by atoms with Gasteiger partial charge in [0.1, 0.15) is 4.88 Å². The Morgan fingerprint density at radius 1 is 1.47 bits per heavy atom. The van der Waals surface area contributed by atoms with Gasteiger partial charge in [-0.15, -0.1) is 11.3 Å². The standard InChI is InChI=1S/C11H17NO2S/c1-8(2)4-5-9(3)14-11(13)10-6-12-7-15-10/h6-9H,4-5H2,1-3H3. The van der Waals surface area contributed by atoms with Crippen LogP contribution >= 0.6 is 11.3 Å². The lowest BCUT2D eigenvalue weighted by atomic mass is 10.1. The summed E-state index contributed by atoms with van der Waals surface area (Å²) in [5.74, 6) is 0.392. The molecule has 0 aromatic carbocycles. The first-order valence-electron chi connectivity index (χ1n) is 5.19. The van der Waals surface area contributed by atoms with Crippen molar-refractivity contribution in [2.24, 2.45) is 5.92 Å². The number of esters is 1. The Kier molecular flexibility index (Phi) is 4.75. The van der Waals surface area contributed by atoms with Crippen LogP contribution in [0.5, 0.6) is 0 Å². The van der Waals surface area contributed by atoms with Crippen LogP contribution in [0.4, 0.5) is 0 Å². The summed E-state index contributed by atoms with van der Waals surface area (Å²) in [7, 11) is 0. The van der Waals surface area contributed by atoms with Crippen LogP contribution in [-0.4, -0.2) is 17.1 Å². The topological polar surface area (TPSA) is 39.2 Å². The molecular formula is C11H17NO2S. The molecule has 15 heavy (non-hydrogen) atoms. The van der Waals surface area contributed by atoms with E-state index in [2.05, 4.69) is 18.8 Å². The number of ether oxygens (including phenoxy) is 1. The van der Waals surface area contributed by atoms with Crippen LogP contribution < -0.4 is 0 Å². The second-order valence-corrected chi connectivity index (χ2v) is 4.94. The normalized spacial score (nSPS) is 12.8. The number of hydrogen-bond donors (Lipinski definition) is 0. The molecule has 1 heterocycles. The minimum Gasteiger partial charge on any atom is -0.458 e. The van der Waals surface area contributed by atoms with Crippen LogP contribution in [0.2, 0.25) is 0 Å². The number of thiazole rings is 1. The molecule has 1 aromatic heterocycles. The summed E-state index contributed by atoms with van der Waals surface area (Å²) in [6.45, 7) is 6.26. The Balaban J connectivity index is 2.32. The maximum atomic E-state index is 11.5. The van der Waals surface area contributed by atoms with Gasteiger partial charge in [0.25, 0.3) is 0 Å². The van der Waals surface area contributed by atoms with Crippen molar-refractivity contribution in [3.05, 3.63) is 16.6 Å². The van der Waals surface area contributed by atoms with Gasteiger partial charge in [0.2, 0.25) is 0 Å². The predicted molar refractivity (Wildman–Crippen MR) is 61.1 cm³/mol. The first-order chi connectivity index (χ1) is 7.09. The molecule has 0 aliphatic carbocycles. The molecule has 0 N–H and O–H groups in total. The number of carbonyl (C=O) groups is 1. The van der Waals surface area contributed by atoms with Gasteiger partial charge in [-0.05, 0) is 25.7 Å². The molecule has 0 bridgehead atoms. The number of nitrogens with zero attached hydrogens (tertiary/aromatic N) is 1. The number of hydrogen-bond acceptors (Lipinski definition) is 4. The fourth-order valence-corrected chi connectivity index (χ4v) is 1.69. The van der Waals surface area contributed by atoms with E-state index in [1.165, 1.54) is 11.3 Å². The van der Waals surface area contributed by atoms with Crippen molar-refractivity contribution in [2.75, 3.05) is 0 Å². The molecule has 1 aromatic rings. The first kappa shape index (κ1) is 12.2. The Morgan fingerprint density at radius 3 is 2.73 bits per heavy atom. The van der Waals surface area contributed by atoms with E-state index < -0.39 is 0 Å². The fraction of sp³-hybridized carbons (Fsp3) is 0.636. The van der Waals surface area contributed by atoms with E-state index in [0.717, 1.165) is 12.8 Å². The second-order valence-electron chi connectivity index (χ2n) is 4.05. The molecule has 0 amide bonds. The molecule has 4 heteroatoms.